The number of amidine groups is 1. The highest BCUT2D eigenvalue weighted by atomic mass is 15.2. The highest BCUT2D eigenvalue weighted by Gasteiger charge is 2.33. The van der Waals surface area contributed by atoms with Crippen molar-refractivity contribution in [1.29, 1.82) is 10.8 Å². The molecular formula is C13H23N5. The minimum Gasteiger partial charge on any atom is -0.359 e. The first kappa shape index (κ1) is 14.6. The summed E-state index contributed by atoms with van der Waals surface area (Å²) in [5.74, 6) is 0.681. The lowest BCUT2D eigenvalue weighted by molar-refractivity contribution is 0.204. The van der Waals surface area contributed by atoms with Crippen molar-refractivity contribution in [3.63, 3.8) is 0 Å². The van der Waals surface area contributed by atoms with Crippen LogP contribution in [0.3, 0.4) is 0 Å². The lowest BCUT2D eigenvalue weighted by atomic mass is 9.85. The van der Waals surface area contributed by atoms with Gasteiger partial charge in [-0.2, -0.15) is 0 Å². The molecule has 18 heavy (non-hydrogen) atoms. The zero-order valence-electron chi connectivity index (χ0n) is 11.2. The van der Waals surface area contributed by atoms with Crippen molar-refractivity contribution < 1.29 is 0 Å². The van der Waals surface area contributed by atoms with Gasteiger partial charge in [-0.3, -0.25) is 0 Å². The normalized spacial score (nSPS) is 24.9. The molecule has 1 aliphatic rings. The minimum absolute atomic E-state index is 0.137. The van der Waals surface area contributed by atoms with Gasteiger partial charge in [-0.25, -0.2) is 4.99 Å². The van der Waals surface area contributed by atoms with Crippen molar-refractivity contribution in [3.8, 4) is 0 Å². The summed E-state index contributed by atoms with van der Waals surface area (Å²) in [6.07, 6.45) is 5.26. The van der Waals surface area contributed by atoms with Gasteiger partial charge in [0, 0.05) is 31.0 Å². The first-order valence-corrected chi connectivity index (χ1v) is 6.22. The fraction of sp³-hybridized carbons (Fsp3) is 0.615. The van der Waals surface area contributed by atoms with Crippen LogP contribution in [0.2, 0.25) is 0 Å². The van der Waals surface area contributed by atoms with Crippen molar-refractivity contribution in [2.75, 3.05) is 7.05 Å². The largest absolute Gasteiger partial charge is 0.359 e. The molecule has 5 heteroatoms. The molecule has 1 fully saturated rings. The number of aliphatic imine (C=N–C) groups is 1. The maximum Gasteiger partial charge on any atom is 0.113 e. The van der Waals surface area contributed by atoms with E-state index < -0.39 is 0 Å². The third-order valence-electron chi connectivity index (χ3n) is 3.47. The average molecular weight is 249 g/mol. The van der Waals surface area contributed by atoms with Crippen molar-refractivity contribution >= 4 is 17.8 Å². The quantitative estimate of drug-likeness (QED) is 0.493. The van der Waals surface area contributed by atoms with Crippen molar-refractivity contribution in [2.45, 2.75) is 38.3 Å². The molecule has 1 saturated carbocycles. The van der Waals surface area contributed by atoms with Crippen LogP contribution < -0.4 is 5.73 Å². The van der Waals surface area contributed by atoms with Gasteiger partial charge in [-0.1, -0.05) is 6.58 Å². The number of nitrogens with one attached hydrogen (secondary N) is 2. The fourth-order valence-corrected chi connectivity index (χ4v) is 2.25. The highest BCUT2D eigenvalue weighted by Crippen LogP contribution is 2.25. The standard InChI is InChI=1S/C13H23N5/c1-4-17-13(12(5-6-14)9(2)15)18(3)11-7-10(16)8-11/h4,6,10-12,14-15H,1,5,7-8,16H2,2-3H3. The van der Waals surface area contributed by atoms with E-state index in [2.05, 4.69) is 16.5 Å². The van der Waals surface area contributed by atoms with Gasteiger partial charge in [-0.15, -0.1) is 0 Å². The lowest BCUT2D eigenvalue weighted by Gasteiger charge is -2.42. The first-order valence-electron chi connectivity index (χ1n) is 6.22. The Bertz CT molecular complexity index is 354. The maximum absolute atomic E-state index is 7.84. The molecule has 1 rings (SSSR count). The van der Waals surface area contributed by atoms with Gasteiger partial charge < -0.3 is 21.5 Å². The van der Waals surface area contributed by atoms with Gasteiger partial charge in [0.2, 0.25) is 0 Å². The van der Waals surface area contributed by atoms with Crippen LogP contribution in [-0.4, -0.2) is 41.8 Å². The fourth-order valence-electron chi connectivity index (χ4n) is 2.25. The van der Waals surface area contributed by atoms with Crippen LogP contribution >= 0.6 is 0 Å². The number of nitrogens with two attached hydrogens (primary N) is 1. The number of hydrogen-bond acceptors (Lipinski definition) is 4. The Balaban J connectivity index is 2.86. The van der Waals surface area contributed by atoms with Crippen LogP contribution in [0.4, 0.5) is 0 Å². The molecule has 0 heterocycles. The summed E-state index contributed by atoms with van der Waals surface area (Å²) in [6.45, 7) is 5.39. The second-order valence-corrected chi connectivity index (χ2v) is 4.84. The molecule has 1 unspecified atom stereocenters. The summed E-state index contributed by atoms with van der Waals surface area (Å²) in [7, 11) is 1.98. The zero-order chi connectivity index (χ0) is 13.7. The molecule has 0 aliphatic heterocycles. The molecule has 100 valence electrons. The van der Waals surface area contributed by atoms with Gasteiger partial charge in [0.05, 0.1) is 5.92 Å². The monoisotopic (exact) mass is 249 g/mol. The van der Waals surface area contributed by atoms with E-state index in [1.54, 1.807) is 6.92 Å². The van der Waals surface area contributed by atoms with Gasteiger partial charge in [0.25, 0.3) is 0 Å². The van der Waals surface area contributed by atoms with Crippen LogP contribution in [0.25, 0.3) is 0 Å². The molecule has 0 aromatic carbocycles. The van der Waals surface area contributed by atoms with Crippen LogP contribution in [-0.2, 0) is 0 Å². The van der Waals surface area contributed by atoms with Gasteiger partial charge >= 0.3 is 0 Å². The molecule has 0 aromatic rings. The molecule has 1 atom stereocenters. The Morgan fingerprint density at radius 3 is 2.61 bits per heavy atom. The second kappa shape index (κ2) is 6.44. The van der Waals surface area contributed by atoms with E-state index in [9.17, 15) is 0 Å². The van der Waals surface area contributed by atoms with E-state index in [-0.39, 0.29) is 12.0 Å². The summed E-state index contributed by atoms with van der Waals surface area (Å²) in [5, 5.41) is 15.1. The Hall–Kier alpha value is -1.49. The van der Waals surface area contributed by atoms with E-state index in [1.807, 2.05) is 7.05 Å². The van der Waals surface area contributed by atoms with Crippen LogP contribution in [0, 0.1) is 16.7 Å². The smallest absolute Gasteiger partial charge is 0.113 e. The van der Waals surface area contributed by atoms with Crippen molar-refractivity contribution in [2.24, 2.45) is 16.6 Å². The third kappa shape index (κ3) is 3.26. The SMILES string of the molecule is C=CN=C(C(CC=N)C(C)=N)N(C)C1CC(N)C1. The Kier molecular flexibility index (Phi) is 5.22. The molecule has 0 amide bonds. The Morgan fingerprint density at radius 2 is 2.22 bits per heavy atom. The molecule has 5 nitrogen and oxygen atoms in total. The second-order valence-electron chi connectivity index (χ2n) is 4.84. The molecular weight excluding hydrogens is 226 g/mol. The van der Waals surface area contributed by atoms with Gasteiger partial charge in [0.15, 0.2) is 0 Å². The Labute approximate surface area is 109 Å². The molecule has 0 spiro atoms. The number of hydrogen-bond donors (Lipinski definition) is 3. The van der Waals surface area contributed by atoms with E-state index in [4.69, 9.17) is 16.6 Å². The van der Waals surface area contributed by atoms with E-state index in [1.165, 1.54) is 12.4 Å². The van der Waals surface area contributed by atoms with Crippen LogP contribution in [0.5, 0.6) is 0 Å². The predicted octanol–water partition coefficient (Wildman–Crippen LogP) is 1.65. The Morgan fingerprint density at radius 1 is 1.61 bits per heavy atom. The predicted molar refractivity (Wildman–Crippen MR) is 76.7 cm³/mol. The molecule has 0 radical (unpaired) electrons. The van der Waals surface area contributed by atoms with Crippen LogP contribution in [0.1, 0.15) is 26.2 Å². The van der Waals surface area contributed by atoms with Gasteiger partial charge in [-0.05, 0) is 32.4 Å². The molecule has 4 N–H and O–H groups in total. The molecule has 0 aromatic heterocycles. The molecule has 1 aliphatic carbocycles. The average Bonchev–Trinajstić information content (AvgIpc) is 2.28. The van der Waals surface area contributed by atoms with E-state index in [0.29, 0.717) is 18.2 Å². The van der Waals surface area contributed by atoms with E-state index >= 15 is 0 Å². The van der Waals surface area contributed by atoms with Crippen LogP contribution in [0.15, 0.2) is 17.8 Å². The summed E-state index contributed by atoms with van der Waals surface area (Å²) >= 11 is 0. The number of nitrogens with zero attached hydrogens (tertiary/aromatic N) is 2. The molecule has 0 bridgehead atoms. The minimum atomic E-state index is -0.137. The van der Waals surface area contributed by atoms with Crippen molar-refractivity contribution in [1.82, 2.24) is 4.90 Å². The summed E-state index contributed by atoms with van der Waals surface area (Å²) in [4.78, 5) is 6.41. The lowest BCUT2D eigenvalue weighted by Crippen LogP contribution is -2.53. The van der Waals surface area contributed by atoms with Crippen molar-refractivity contribution in [3.05, 3.63) is 12.8 Å². The summed E-state index contributed by atoms with van der Waals surface area (Å²) in [5.41, 5.74) is 6.33. The summed E-state index contributed by atoms with van der Waals surface area (Å²) in [6, 6.07) is 0.677. The maximum atomic E-state index is 7.84. The summed E-state index contributed by atoms with van der Waals surface area (Å²) < 4.78 is 0. The third-order valence-corrected chi connectivity index (χ3v) is 3.47. The van der Waals surface area contributed by atoms with E-state index in [0.717, 1.165) is 18.7 Å². The topological polar surface area (TPSA) is 89.3 Å². The molecule has 0 saturated heterocycles. The first-order chi connectivity index (χ1) is 8.51. The van der Waals surface area contributed by atoms with Gasteiger partial charge in [0.1, 0.15) is 5.84 Å². The zero-order valence-corrected chi connectivity index (χ0v) is 11.2. The highest BCUT2D eigenvalue weighted by molar-refractivity contribution is 6.05. The number of rotatable bonds is 6.